The fourth-order valence-electron chi connectivity index (χ4n) is 3.52. The first kappa shape index (κ1) is 17.6. The number of hydrogen-bond acceptors (Lipinski definition) is 4. The Morgan fingerprint density at radius 3 is 3.08 bits per heavy atom. The van der Waals surface area contributed by atoms with Crippen molar-refractivity contribution in [1.82, 2.24) is 15.3 Å². The van der Waals surface area contributed by atoms with E-state index in [-0.39, 0.29) is 23.7 Å². The highest BCUT2D eigenvalue weighted by Gasteiger charge is 2.28. The average molecular weight is 344 g/mol. The molecule has 1 fully saturated rings. The lowest BCUT2D eigenvalue weighted by molar-refractivity contribution is -0.125. The minimum absolute atomic E-state index is 0.0633. The summed E-state index contributed by atoms with van der Waals surface area (Å²) in [4.78, 5) is 23.2. The Bertz CT molecular complexity index is 751. The summed E-state index contributed by atoms with van der Waals surface area (Å²) in [5, 5.41) is 3.81. The van der Waals surface area contributed by atoms with Crippen molar-refractivity contribution < 1.29 is 9.18 Å². The molecular formula is C19H25FN4O. The minimum Gasteiger partial charge on any atom is -0.355 e. The summed E-state index contributed by atoms with van der Waals surface area (Å²) in [7, 11) is 0. The van der Waals surface area contributed by atoms with Crippen LogP contribution < -0.4 is 10.2 Å². The summed E-state index contributed by atoms with van der Waals surface area (Å²) in [5.41, 5.74) is 0.717. The van der Waals surface area contributed by atoms with Crippen molar-refractivity contribution in [2.45, 2.75) is 45.6 Å². The van der Waals surface area contributed by atoms with Gasteiger partial charge in [0.2, 0.25) is 5.91 Å². The van der Waals surface area contributed by atoms with Crippen LogP contribution in [-0.2, 0) is 4.79 Å². The van der Waals surface area contributed by atoms with E-state index >= 15 is 0 Å². The quantitative estimate of drug-likeness (QED) is 0.904. The Kier molecular flexibility index (Phi) is 5.46. The van der Waals surface area contributed by atoms with Crippen LogP contribution >= 0.6 is 0 Å². The molecule has 1 aliphatic rings. The number of benzene rings is 1. The number of fused-ring (bicyclic) bond motifs is 1. The number of nitrogens with zero attached hydrogens (tertiary/aromatic N) is 3. The van der Waals surface area contributed by atoms with Crippen LogP contribution in [0.15, 0.2) is 24.5 Å². The van der Waals surface area contributed by atoms with Gasteiger partial charge in [0.1, 0.15) is 18.0 Å². The molecule has 0 radical (unpaired) electrons. The van der Waals surface area contributed by atoms with Crippen molar-refractivity contribution in [2.75, 3.05) is 18.0 Å². The minimum atomic E-state index is -0.303. The van der Waals surface area contributed by atoms with Gasteiger partial charge < -0.3 is 10.2 Å². The highest BCUT2D eigenvalue weighted by Crippen LogP contribution is 2.28. The van der Waals surface area contributed by atoms with Crippen LogP contribution in [0.3, 0.4) is 0 Å². The largest absolute Gasteiger partial charge is 0.355 e. The zero-order valence-corrected chi connectivity index (χ0v) is 14.8. The predicted octanol–water partition coefficient (Wildman–Crippen LogP) is 3.29. The lowest BCUT2D eigenvalue weighted by Crippen LogP contribution is -2.45. The highest BCUT2D eigenvalue weighted by molar-refractivity contribution is 5.89. The number of aromatic nitrogens is 2. The van der Waals surface area contributed by atoms with Gasteiger partial charge in [0.15, 0.2) is 0 Å². The van der Waals surface area contributed by atoms with Crippen molar-refractivity contribution in [3.8, 4) is 0 Å². The second-order valence-corrected chi connectivity index (χ2v) is 6.84. The van der Waals surface area contributed by atoms with Gasteiger partial charge in [0, 0.05) is 24.5 Å². The highest BCUT2D eigenvalue weighted by atomic mass is 19.1. The van der Waals surface area contributed by atoms with E-state index in [9.17, 15) is 9.18 Å². The number of hydrogen-bond donors (Lipinski definition) is 1. The molecule has 0 saturated carbocycles. The lowest BCUT2D eigenvalue weighted by Gasteiger charge is -2.33. The first-order chi connectivity index (χ1) is 12.1. The molecule has 5 nitrogen and oxygen atoms in total. The molecule has 2 unspecified atom stereocenters. The smallest absolute Gasteiger partial charge is 0.225 e. The molecule has 134 valence electrons. The number of amides is 1. The van der Waals surface area contributed by atoms with Gasteiger partial charge >= 0.3 is 0 Å². The molecule has 0 spiro atoms. The summed E-state index contributed by atoms with van der Waals surface area (Å²) in [6.45, 7) is 5.58. The molecule has 1 aromatic heterocycles. The van der Waals surface area contributed by atoms with Crippen LogP contribution in [0.4, 0.5) is 10.2 Å². The Labute approximate surface area is 147 Å². The number of piperidine rings is 1. The Balaban J connectivity index is 1.78. The molecule has 25 heavy (non-hydrogen) atoms. The third-order valence-electron chi connectivity index (χ3n) is 4.78. The van der Waals surface area contributed by atoms with Crippen molar-refractivity contribution in [3.05, 3.63) is 30.3 Å². The second kappa shape index (κ2) is 7.76. The third kappa shape index (κ3) is 4.06. The zero-order valence-electron chi connectivity index (χ0n) is 14.8. The van der Waals surface area contributed by atoms with Gasteiger partial charge in [-0.25, -0.2) is 14.4 Å². The summed E-state index contributed by atoms with van der Waals surface area (Å²) >= 11 is 0. The lowest BCUT2D eigenvalue weighted by atomic mass is 9.96. The normalized spacial score (nSPS) is 19.0. The third-order valence-corrected chi connectivity index (χ3v) is 4.78. The Hall–Kier alpha value is -2.24. The molecular weight excluding hydrogens is 319 g/mol. The second-order valence-electron chi connectivity index (χ2n) is 6.84. The number of nitrogens with one attached hydrogen (secondary N) is 1. The molecule has 6 heteroatoms. The van der Waals surface area contributed by atoms with E-state index in [1.165, 1.54) is 18.5 Å². The van der Waals surface area contributed by atoms with Gasteiger partial charge in [-0.15, -0.1) is 0 Å². The number of anilines is 1. The molecule has 1 N–H and O–H groups in total. The first-order valence-electron chi connectivity index (χ1n) is 9.04. The van der Waals surface area contributed by atoms with Crippen LogP contribution in [0.5, 0.6) is 0 Å². The van der Waals surface area contributed by atoms with Crippen LogP contribution in [0, 0.1) is 11.7 Å². The van der Waals surface area contributed by atoms with Gasteiger partial charge in [0.05, 0.1) is 11.4 Å². The molecule has 0 aliphatic carbocycles. The molecule has 1 amide bonds. The standard InChI is InChI=1S/C19H25FN4O/c1-3-5-13(2)23-19(25)14-6-4-9-24(11-14)18-16-10-15(20)7-8-17(16)21-12-22-18/h7-8,10,12-14H,3-6,9,11H2,1-2H3,(H,23,25). The molecule has 2 heterocycles. The molecule has 2 aromatic rings. The van der Waals surface area contributed by atoms with Gasteiger partial charge in [-0.3, -0.25) is 4.79 Å². The fraction of sp³-hybridized carbons (Fsp3) is 0.526. The maximum atomic E-state index is 13.7. The van der Waals surface area contributed by atoms with Crippen LogP contribution in [0.1, 0.15) is 39.5 Å². The SMILES string of the molecule is CCCC(C)NC(=O)C1CCCN(c2ncnc3ccc(F)cc23)C1. The summed E-state index contributed by atoms with van der Waals surface area (Å²) in [6, 6.07) is 4.73. The molecule has 0 bridgehead atoms. The predicted molar refractivity (Wildman–Crippen MR) is 96.9 cm³/mol. The molecule has 2 atom stereocenters. The monoisotopic (exact) mass is 344 g/mol. The van der Waals surface area contributed by atoms with E-state index in [0.29, 0.717) is 17.7 Å². The topological polar surface area (TPSA) is 58.1 Å². The van der Waals surface area contributed by atoms with E-state index in [1.54, 1.807) is 6.07 Å². The van der Waals surface area contributed by atoms with E-state index in [0.717, 1.165) is 37.7 Å². The van der Waals surface area contributed by atoms with Gasteiger partial charge in [0.25, 0.3) is 0 Å². The number of carbonyl (C=O) groups excluding carboxylic acids is 1. The fourth-order valence-corrected chi connectivity index (χ4v) is 3.52. The molecule has 3 rings (SSSR count). The maximum absolute atomic E-state index is 13.7. The van der Waals surface area contributed by atoms with Crippen molar-refractivity contribution >= 4 is 22.6 Å². The van der Waals surface area contributed by atoms with Crippen molar-refractivity contribution in [2.24, 2.45) is 5.92 Å². The van der Waals surface area contributed by atoms with Crippen molar-refractivity contribution in [3.63, 3.8) is 0 Å². The van der Waals surface area contributed by atoms with Crippen LogP contribution in [-0.4, -0.2) is 35.0 Å². The Morgan fingerprint density at radius 2 is 2.28 bits per heavy atom. The number of halogens is 1. The number of carbonyl (C=O) groups is 1. The van der Waals surface area contributed by atoms with Crippen LogP contribution in [0.2, 0.25) is 0 Å². The molecule has 1 aromatic carbocycles. The zero-order chi connectivity index (χ0) is 17.8. The first-order valence-corrected chi connectivity index (χ1v) is 9.04. The number of rotatable bonds is 5. The van der Waals surface area contributed by atoms with Gasteiger partial charge in [-0.1, -0.05) is 13.3 Å². The van der Waals surface area contributed by atoms with Crippen LogP contribution in [0.25, 0.3) is 10.9 Å². The van der Waals surface area contributed by atoms with E-state index in [4.69, 9.17) is 0 Å². The van der Waals surface area contributed by atoms with E-state index in [1.807, 2.05) is 6.92 Å². The molecule has 1 saturated heterocycles. The molecule has 1 aliphatic heterocycles. The Morgan fingerprint density at radius 1 is 1.44 bits per heavy atom. The summed E-state index contributed by atoms with van der Waals surface area (Å²) < 4.78 is 13.7. The van der Waals surface area contributed by atoms with Gasteiger partial charge in [-0.05, 0) is 44.4 Å². The van der Waals surface area contributed by atoms with E-state index in [2.05, 4.69) is 27.1 Å². The summed E-state index contributed by atoms with van der Waals surface area (Å²) in [6.07, 6.45) is 5.33. The van der Waals surface area contributed by atoms with Gasteiger partial charge in [-0.2, -0.15) is 0 Å². The van der Waals surface area contributed by atoms with Crippen molar-refractivity contribution in [1.29, 1.82) is 0 Å². The summed E-state index contributed by atoms with van der Waals surface area (Å²) in [5.74, 6) is 0.452. The average Bonchev–Trinajstić information content (AvgIpc) is 2.61. The maximum Gasteiger partial charge on any atom is 0.225 e. The van der Waals surface area contributed by atoms with E-state index < -0.39 is 0 Å².